The van der Waals surface area contributed by atoms with E-state index in [-0.39, 0.29) is 5.91 Å². The summed E-state index contributed by atoms with van der Waals surface area (Å²) in [4.78, 5) is 16.0. The molecule has 1 amide bonds. The van der Waals surface area contributed by atoms with Gasteiger partial charge in [-0.25, -0.2) is 4.98 Å². The van der Waals surface area contributed by atoms with Crippen LogP contribution in [-0.4, -0.2) is 27.3 Å². The topological polar surface area (TPSA) is 69.0 Å². The van der Waals surface area contributed by atoms with E-state index < -0.39 is 0 Å². The number of benzene rings is 1. The van der Waals surface area contributed by atoms with Crippen LogP contribution in [0.1, 0.15) is 19.5 Å². The molecule has 0 aliphatic heterocycles. The Morgan fingerprint density at radius 2 is 2.08 bits per heavy atom. The predicted octanol–water partition coefficient (Wildman–Crippen LogP) is 3.66. The van der Waals surface area contributed by atoms with Crippen molar-refractivity contribution in [3.8, 4) is 22.1 Å². The van der Waals surface area contributed by atoms with Crippen LogP contribution in [-0.2, 0) is 4.79 Å². The second kappa shape index (κ2) is 6.84. The monoisotopic (exact) mass is 342 g/mol. The normalized spacial score (nSPS) is 10.6. The van der Waals surface area contributed by atoms with Crippen LogP contribution in [0.15, 0.2) is 35.7 Å². The minimum Gasteiger partial charge on any atom is -0.494 e. The molecule has 2 aromatic heterocycles. The Morgan fingerprint density at radius 3 is 2.75 bits per heavy atom. The molecule has 1 aromatic carbocycles. The highest BCUT2D eigenvalue weighted by atomic mass is 32.1. The van der Waals surface area contributed by atoms with Crippen LogP contribution in [0, 0.1) is 6.92 Å². The van der Waals surface area contributed by atoms with Gasteiger partial charge in [-0.3, -0.25) is 4.79 Å². The van der Waals surface area contributed by atoms with Gasteiger partial charge in [-0.2, -0.15) is 9.78 Å². The summed E-state index contributed by atoms with van der Waals surface area (Å²) in [6, 6.07) is 9.64. The van der Waals surface area contributed by atoms with Crippen LogP contribution in [0.25, 0.3) is 16.4 Å². The van der Waals surface area contributed by atoms with E-state index in [0.717, 1.165) is 22.7 Å². The number of rotatable bonds is 5. The summed E-state index contributed by atoms with van der Waals surface area (Å²) in [5.41, 5.74) is 2.68. The lowest BCUT2D eigenvalue weighted by Gasteiger charge is -2.04. The summed E-state index contributed by atoms with van der Waals surface area (Å²) in [5.74, 6) is 1.32. The number of aromatic nitrogens is 3. The Morgan fingerprint density at radius 1 is 1.33 bits per heavy atom. The van der Waals surface area contributed by atoms with E-state index in [1.807, 2.05) is 49.6 Å². The number of hydrogen-bond donors (Lipinski definition) is 1. The van der Waals surface area contributed by atoms with Gasteiger partial charge in [-0.1, -0.05) is 0 Å². The minimum absolute atomic E-state index is 0.139. The zero-order valence-electron chi connectivity index (χ0n) is 13.7. The fourth-order valence-corrected chi connectivity index (χ4v) is 3.09. The molecular weight excluding hydrogens is 324 g/mol. The first-order chi connectivity index (χ1) is 11.6. The van der Waals surface area contributed by atoms with Crippen molar-refractivity contribution < 1.29 is 9.53 Å². The van der Waals surface area contributed by atoms with Crippen molar-refractivity contribution in [2.24, 2.45) is 0 Å². The minimum atomic E-state index is -0.139. The molecule has 0 radical (unpaired) electrons. The molecule has 0 bridgehead atoms. The summed E-state index contributed by atoms with van der Waals surface area (Å²) in [6.45, 7) is 5.95. The third kappa shape index (κ3) is 3.46. The van der Waals surface area contributed by atoms with Gasteiger partial charge in [0.05, 0.1) is 18.0 Å². The summed E-state index contributed by atoms with van der Waals surface area (Å²) in [6.07, 6.45) is 0. The number of ether oxygens (including phenoxy) is 1. The lowest BCUT2D eigenvalue weighted by molar-refractivity contribution is -0.114. The average Bonchev–Trinajstić information content (AvgIpc) is 3.14. The number of nitrogens with one attached hydrogen (secondary N) is 1. The molecule has 3 rings (SSSR count). The van der Waals surface area contributed by atoms with E-state index in [4.69, 9.17) is 4.74 Å². The van der Waals surface area contributed by atoms with Crippen molar-refractivity contribution in [1.29, 1.82) is 0 Å². The molecule has 0 saturated heterocycles. The highest BCUT2D eigenvalue weighted by Crippen LogP contribution is 2.27. The maximum absolute atomic E-state index is 11.3. The zero-order chi connectivity index (χ0) is 17.1. The molecule has 1 N–H and O–H groups in total. The van der Waals surface area contributed by atoms with E-state index in [2.05, 4.69) is 15.4 Å². The van der Waals surface area contributed by atoms with Gasteiger partial charge in [-0.15, -0.1) is 11.3 Å². The largest absolute Gasteiger partial charge is 0.494 e. The van der Waals surface area contributed by atoms with Gasteiger partial charge in [0.1, 0.15) is 11.6 Å². The maximum atomic E-state index is 11.3. The van der Waals surface area contributed by atoms with Crippen LogP contribution in [0.4, 0.5) is 5.82 Å². The first-order valence-corrected chi connectivity index (χ1v) is 8.48. The van der Waals surface area contributed by atoms with Crippen molar-refractivity contribution in [3.05, 3.63) is 41.4 Å². The van der Waals surface area contributed by atoms with Crippen molar-refractivity contribution in [2.75, 3.05) is 11.9 Å². The fourth-order valence-electron chi connectivity index (χ4n) is 2.30. The Balaban J connectivity index is 1.89. The van der Waals surface area contributed by atoms with Crippen LogP contribution in [0.5, 0.6) is 5.75 Å². The van der Waals surface area contributed by atoms with Gasteiger partial charge in [-0.05, 0) is 38.1 Å². The van der Waals surface area contributed by atoms with Crippen LogP contribution in [0.2, 0.25) is 0 Å². The average molecular weight is 342 g/mol. The predicted molar refractivity (Wildman–Crippen MR) is 94.9 cm³/mol. The Bertz CT molecular complexity index is 852. The van der Waals surface area contributed by atoms with Gasteiger partial charge < -0.3 is 10.1 Å². The summed E-state index contributed by atoms with van der Waals surface area (Å²) in [5, 5.41) is 9.86. The lowest BCUT2D eigenvalue weighted by Crippen LogP contribution is -2.10. The molecule has 2 heterocycles. The molecule has 0 unspecified atom stereocenters. The molecule has 0 atom stereocenters. The molecule has 6 nitrogen and oxygen atoms in total. The third-order valence-electron chi connectivity index (χ3n) is 3.27. The van der Waals surface area contributed by atoms with E-state index in [1.165, 1.54) is 18.3 Å². The molecular formula is C17H18N4O2S. The van der Waals surface area contributed by atoms with Crippen molar-refractivity contribution in [1.82, 2.24) is 14.8 Å². The number of carbonyl (C=O) groups excluding carboxylic acids is 1. The number of amides is 1. The zero-order valence-corrected chi connectivity index (χ0v) is 14.6. The van der Waals surface area contributed by atoms with Crippen molar-refractivity contribution >= 4 is 23.1 Å². The van der Waals surface area contributed by atoms with E-state index in [0.29, 0.717) is 17.6 Å². The standard InChI is InChI=1S/C17H18N4O2S/c1-4-23-14-7-5-13(6-8-14)15-10-24-17(19-15)21-16(18-12(3)22)9-11(2)20-21/h5-10H,4H2,1-3H3,(H,18,22). The van der Waals surface area contributed by atoms with E-state index >= 15 is 0 Å². The fraction of sp³-hybridized carbons (Fsp3) is 0.235. The maximum Gasteiger partial charge on any atom is 0.222 e. The second-order valence-corrected chi connectivity index (χ2v) is 6.07. The van der Waals surface area contributed by atoms with Gasteiger partial charge >= 0.3 is 0 Å². The lowest BCUT2D eigenvalue weighted by atomic mass is 10.2. The number of carbonyl (C=O) groups is 1. The number of hydrogen-bond acceptors (Lipinski definition) is 5. The molecule has 24 heavy (non-hydrogen) atoms. The van der Waals surface area contributed by atoms with Gasteiger partial charge in [0.25, 0.3) is 0 Å². The number of aryl methyl sites for hydroxylation is 1. The number of anilines is 1. The first-order valence-electron chi connectivity index (χ1n) is 7.60. The van der Waals surface area contributed by atoms with Crippen molar-refractivity contribution in [2.45, 2.75) is 20.8 Å². The Kier molecular flexibility index (Phi) is 4.61. The van der Waals surface area contributed by atoms with Crippen LogP contribution < -0.4 is 10.1 Å². The Labute approximate surface area is 144 Å². The molecule has 0 saturated carbocycles. The van der Waals surface area contributed by atoms with E-state index in [9.17, 15) is 4.79 Å². The molecule has 124 valence electrons. The second-order valence-electron chi connectivity index (χ2n) is 5.24. The quantitative estimate of drug-likeness (QED) is 0.768. The number of thiazole rings is 1. The SMILES string of the molecule is CCOc1ccc(-c2csc(-n3nc(C)cc3NC(C)=O)n2)cc1. The summed E-state index contributed by atoms with van der Waals surface area (Å²) in [7, 11) is 0. The molecule has 0 aliphatic carbocycles. The highest BCUT2D eigenvalue weighted by molar-refractivity contribution is 7.12. The molecule has 3 aromatic rings. The molecule has 0 spiro atoms. The molecule has 0 aliphatic rings. The highest BCUT2D eigenvalue weighted by Gasteiger charge is 2.13. The van der Waals surface area contributed by atoms with Gasteiger partial charge in [0.15, 0.2) is 0 Å². The van der Waals surface area contributed by atoms with Gasteiger partial charge in [0.2, 0.25) is 11.0 Å². The summed E-state index contributed by atoms with van der Waals surface area (Å²) >= 11 is 1.47. The number of nitrogens with zero attached hydrogens (tertiary/aromatic N) is 3. The van der Waals surface area contributed by atoms with Crippen LogP contribution >= 0.6 is 11.3 Å². The van der Waals surface area contributed by atoms with Gasteiger partial charge in [0, 0.05) is 23.9 Å². The van der Waals surface area contributed by atoms with Crippen LogP contribution in [0.3, 0.4) is 0 Å². The van der Waals surface area contributed by atoms with E-state index in [1.54, 1.807) is 4.68 Å². The Hall–Kier alpha value is -2.67. The molecule has 7 heteroatoms. The third-order valence-corrected chi connectivity index (χ3v) is 4.09. The first kappa shape index (κ1) is 16.2. The smallest absolute Gasteiger partial charge is 0.222 e. The molecule has 0 fully saturated rings. The van der Waals surface area contributed by atoms with Crippen molar-refractivity contribution in [3.63, 3.8) is 0 Å². The summed E-state index contributed by atoms with van der Waals surface area (Å²) < 4.78 is 7.11.